The van der Waals surface area contributed by atoms with Crippen LogP contribution in [0.1, 0.15) is 10.4 Å². The molecule has 4 nitrogen and oxygen atoms in total. The number of nitrogens with zero attached hydrogens (tertiary/aromatic N) is 2. The summed E-state index contributed by atoms with van der Waals surface area (Å²) in [5, 5.41) is 2.66. The Balaban J connectivity index is 1.73. The maximum atomic E-state index is 12.7. The van der Waals surface area contributed by atoms with Crippen molar-refractivity contribution in [2.45, 2.75) is 13.5 Å². The number of benzene rings is 1. The summed E-state index contributed by atoms with van der Waals surface area (Å²) in [6.45, 7) is 2.30. The molecule has 1 amide bonds. The van der Waals surface area contributed by atoms with E-state index in [1.807, 2.05) is 48.7 Å². The number of aryl methyl sites for hydroxylation is 1. The normalized spacial score (nSPS) is 10.5. The van der Waals surface area contributed by atoms with Gasteiger partial charge in [0.15, 0.2) is 6.61 Å². The lowest BCUT2D eigenvalue weighted by Gasteiger charge is -2.21. The van der Waals surface area contributed by atoms with Gasteiger partial charge in [-0.15, -0.1) is 11.3 Å². The largest absolute Gasteiger partial charge is 0.484 e. The average molecular weight is 373 g/mol. The summed E-state index contributed by atoms with van der Waals surface area (Å²) < 4.78 is 5.65. The smallest absolute Gasteiger partial charge is 0.266 e. The number of hydrogen-bond acceptors (Lipinski definition) is 4. The third-order valence-corrected chi connectivity index (χ3v) is 4.90. The van der Waals surface area contributed by atoms with Gasteiger partial charge in [-0.25, -0.2) is 4.98 Å². The van der Waals surface area contributed by atoms with E-state index in [0.29, 0.717) is 23.1 Å². The van der Waals surface area contributed by atoms with Crippen LogP contribution in [0.25, 0.3) is 0 Å². The first-order chi connectivity index (χ1) is 12.1. The Hall–Kier alpha value is -2.37. The van der Waals surface area contributed by atoms with Crippen LogP contribution in [0.3, 0.4) is 0 Å². The van der Waals surface area contributed by atoms with E-state index in [-0.39, 0.29) is 12.5 Å². The molecule has 3 aromatic rings. The van der Waals surface area contributed by atoms with E-state index in [1.165, 1.54) is 0 Å². The monoisotopic (exact) mass is 372 g/mol. The molecule has 2 heterocycles. The first-order valence-electron chi connectivity index (χ1n) is 7.76. The molecule has 0 saturated heterocycles. The highest BCUT2D eigenvalue weighted by atomic mass is 35.5. The SMILES string of the molecule is Cc1cc(OCC(=O)N(Cc2cccs2)c2ccccn2)ccc1Cl. The molecule has 0 fully saturated rings. The molecule has 0 bridgehead atoms. The predicted molar refractivity (Wildman–Crippen MR) is 101 cm³/mol. The highest BCUT2D eigenvalue weighted by molar-refractivity contribution is 7.09. The van der Waals surface area contributed by atoms with Crippen LogP contribution in [-0.2, 0) is 11.3 Å². The Bertz CT molecular complexity index is 838. The number of amides is 1. The summed E-state index contributed by atoms with van der Waals surface area (Å²) in [7, 11) is 0. The van der Waals surface area contributed by atoms with Crippen molar-refractivity contribution in [3.8, 4) is 5.75 Å². The molecule has 0 saturated carbocycles. The number of aromatic nitrogens is 1. The summed E-state index contributed by atoms with van der Waals surface area (Å²) in [6, 6.07) is 14.8. The van der Waals surface area contributed by atoms with Crippen molar-refractivity contribution in [3.63, 3.8) is 0 Å². The lowest BCUT2D eigenvalue weighted by molar-refractivity contribution is -0.120. The third kappa shape index (κ3) is 4.59. The number of halogens is 1. The van der Waals surface area contributed by atoms with Gasteiger partial charge in [0.2, 0.25) is 0 Å². The molecule has 128 valence electrons. The van der Waals surface area contributed by atoms with Crippen LogP contribution < -0.4 is 9.64 Å². The van der Waals surface area contributed by atoms with Gasteiger partial charge in [0.25, 0.3) is 5.91 Å². The molecule has 0 atom stereocenters. The molecule has 0 aliphatic rings. The number of rotatable bonds is 6. The molecule has 1 aromatic carbocycles. The summed E-state index contributed by atoms with van der Waals surface area (Å²) in [4.78, 5) is 19.8. The molecule has 0 N–H and O–H groups in total. The van der Waals surface area contributed by atoms with Crippen LogP contribution >= 0.6 is 22.9 Å². The van der Waals surface area contributed by atoms with Crippen molar-refractivity contribution in [2.75, 3.05) is 11.5 Å². The van der Waals surface area contributed by atoms with E-state index < -0.39 is 0 Å². The fraction of sp³-hybridized carbons (Fsp3) is 0.158. The third-order valence-electron chi connectivity index (χ3n) is 3.61. The topological polar surface area (TPSA) is 42.4 Å². The zero-order valence-corrected chi connectivity index (χ0v) is 15.3. The number of ether oxygens (including phenoxy) is 1. The maximum absolute atomic E-state index is 12.7. The number of carbonyl (C=O) groups excluding carboxylic acids is 1. The molecule has 2 aromatic heterocycles. The van der Waals surface area contributed by atoms with E-state index >= 15 is 0 Å². The van der Waals surface area contributed by atoms with Crippen molar-refractivity contribution in [1.29, 1.82) is 0 Å². The number of carbonyl (C=O) groups is 1. The van der Waals surface area contributed by atoms with Crippen LogP contribution in [0.4, 0.5) is 5.82 Å². The highest BCUT2D eigenvalue weighted by Gasteiger charge is 2.18. The van der Waals surface area contributed by atoms with Crippen molar-refractivity contribution >= 4 is 34.7 Å². The maximum Gasteiger partial charge on any atom is 0.266 e. The Morgan fingerprint density at radius 2 is 2.12 bits per heavy atom. The second kappa shape index (κ2) is 8.14. The summed E-state index contributed by atoms with van der Waals surface area (Å²) in [5.41, 5.74) is 0.909. The van der Waals surface area contributed by atoms with Crippen LogP contribution in [0, 0.1) is 6.92 Å². The summed E-state index contributed by atoms with van der Waals surface area (Å²) >= 11 is 7.62. The second-order valence-electron chi connectivity index (χ2n) is 5.45. The van der Waals surface area contributed by atoms with Gasteiger partial charge in [-0.3, -0.25) is 9.69 Å². The van der Waals surface area contributed by atoms with Gasteiger partial charge in [0.05, 0.1) is 6.54 Å². The van der Waals surface area contributed by atoms with Crippen LogP contribution in [0.5, 0.6) is 5.75 Å². The molecule has 25 heavy (non-hydrogen) atoms. The first-order valence-corrected chi connectivity index (χ1v) is 9.02. The van der Waals surface area contributed by atoms with Gasteiger partial charge in [-0.05, 0) is 54.3 Å². The van der Waals surface area contributed by atoms with Crippen molar-refractivity contribution < 1.29 is 9.53 Å². The molecule has 0 unspecified atom stereocenters. The number of hydrogen-bond donors (Lipinski definition) is 0. The van der Waals surface area contributed by atoms with Crippen LogP contribution in [0.15, 0.2) is 60.1 Å². The van der Waals surface area contributed by atoms with Gasteiger partial charge >= 0.3 is 0 Å². The van der Waals surface area contributed by atoms with Gasteiger partial charge in [0, 0.05) is 16.1 Å². The van der Waals surface area contributed by atoms with Gasteiger partial charge < -0.3 is 4.74 Å². The quantitative estimate of drug-likeness (QED) is 0.628. The van der Waals surface area contributed by atoms with E-state index in [4.69, 9.17) is 16.3 Å². The first kappa shape index (κ1) is 17.5. The Kier molecular flexibility index (Phi) is 5.68. The molecule has 0 aliphatic heterocycles. The standard InChI is InChI=1S/C19H17ClN2O2S/c1-14-11-15(7-8-17(14)20)24-13-19(23)22(12-16-5-4-10-25-16)18-6-2-3-9-21-18/h2-11H,12-13H2,1H3. The minimum atomic E-state index is -0.153. The average Bonchev–Trinajstić information content (AvgIpc) is 3.14. The Morgan fingerprint density at radius 3 is 2.80 bits per heavy atom. The lowest BCUT2D eigenvalue weighted by atomic mass is 10.2. The van der Waals surface area contributed by atoms with Crippen LogP contribution in [0.2, 0.25) is 5.02 Å². The molecular formula is C19H17ClN2O2S. The lowest BCUT2D eigenvalue weighted by Crippen LogP contribution is -2.34. The summed E-state index contributed by atoms with van der Waals surface area (Å²) in [5.74, 6) is 1.07. The molecule has 0 spiro atoms. The molecule has 6 heteroatoms. The minimum Gasteiger partial charge on any atom is -0.484 e. The van der Waals surface area contributed by atoms with Crippen molar-refractivity contribution in [2.24, 2.45) is 0 Å². The predicted octanol–water partition coefficient (Wildman–Crippen LogP) is 4.72. The molecular weight excluding hydrogens is 356 g/mol. The Morgan fingerprint density at radius 1 is 1.24 bits per heavy atom. The van der Waals surface area contributed by atoms with Gasteiger partial charge in [0.1, 0.15) is 11.6 Å². The zero-order chi connectivity index (χ0) is 17.6. The molecule has 0 aliphatic carbocycles. The zero-order valence-electron chi connectivity index (χ0n) is 13.7. The van der Waals surface area contributed by atoms with E-state index in [1.54, 1.807) is 34.6 Å². The van der Waals surface area contributed by atoms with Crippen molar-refractivity contribution in [3.05, 3.63) is 75.6 Å². The van der Waals surface area contributed by atoms with E-state index in [0.717, 1.165) is 10.4 Å². The fourth-order valence-corrected chi connectivity index (χ4v) is 3.11. The second-order valence-corrected chi connectivity index (χ2v) is 6.89. The summed E-state index contributed by atoms with van der Waals surface area (Å²) in [6.07, 6.45) is 1.67. The van der Waals surface area contributed by atoms with Crippen molar-refractivity contribution in [1.82, 2.24) is 4.98 Å². The fourth-order valence-electron chi connectivity index (χ4n) is 2.30. The number of anilines is 1. The van der Waals surface area contributed by atoms with E-state index in [9.17, 15) is 4.79 Å². The number of pyridine rings is 1. The molecule has 0 radical (unpaired) electrons. The highest BCUT2D eigenvalue weighted by Crippen LogP contribution is 2.22. The van der Waals surface area contributed by atoms with Gasteiger partial charge in [-0.1, -0.05) is 23.7 Å². The minimum absolute atomic E-state index is 0.0664. The Labute approximate surface area is 155 Å². The number of thiophene rings is 1. The van der Waals surface area contributed by atoms with E-state index in [2.05, 4.69) is 4.98 Å². The molecule has 3 rings (SSSR count). The van der Waals surface area contributed by atoms with Crippen LogP contribution in [-0.4, -0.2) is 17.5 Å². The van der Waals surface area contributed by atoms with Gasteiger partial charge in [-0.2, -0.15) is 0 Å².